The molecule has 2 heterocycles. The number of likely N-dealkylation sites (tertiary alicyclic amines) is 1. The average Bonchev–Trinajstić information content (AvgIpc) is 3.32. The molecule has 5 heteroatoms. The summed E-state index contributed by atoms with van der Waals surface area (Å²) in [5.41, 5.74) is 2.52. The summed E-state index contributed by atoms with van der Waals surface area (Å²) in [5.74, 6) is -0.0272. The summed E-state index contributed by atoms with van der Waals surface area (Å²) >= 11 is 0. The van der Waals surface area contributed by atoms with Crippen molar-refractivity contribution in [2.45, 2.75) is 25.3 Å². The molecular formula is C20H20N4O. The van der Waals surface area contributed by atoms with Crippen molar-refractivity contribution in [1.82, 2.24) is 19.9 Å². The molecule has 1 amide bonds. The highest BCUT2D eigenvalue weighted by Crippen LogP contribution is 2.23. The van der Waals surface area contributed by atoms with Crippen molar-refractivity contribution in [2.24, 2.45) is 0 Å². The summed E-state index contributed by atoms with van der Waals surface area (Å²) in [6.07, 6.45) is 4.52. The number of benzene rings is 2. The highest BCUT2D eigenvalue weighted by Gasteiger charge is 2.30. The first-order valence-electron chi connectivity index (χ1n) is 8.64. The molecule has 2 aromatic carbocycles. The molecule has 25 heavy (non-hydrogen) atoms. The summed E-state index contributed by atoms with van der Waals surface area (Å²) < 4.78 is 0. The topological polar surface area (TPSA) is 51.0 Å². The summed E-state index contributed by atoms with van der Waals surface area (Å²) in [6, 6.07) is 20.2. The second kappa shape index (κ2) is 6.89. The summed E-state index contributed by atoms with van der Waals surface area (Å²) in [5, 5.41) is 8.63. The lowest BCUT2D eigenvalue weighted by Gasteiger charge is -2.23. The van der Waals surface area contributed by atoms with E-state index in [1.54, 1.807) is 6.20 Å². The van der Waals surface area contributed by atoms with Gasteiger partial charge in [-0.25, -0.2) is 0 Å². The standard InChI is InChI=1S/C20H20N4O/c25-20(19-15-21-24(22-19)17-10-5-2-6-11-17)23-13-7-12-18(23)14-16-8-3-1-4-9-16/h1-6,8-11,15,18H,7,12-14H2/t18-/m0/s1. The van der Waals surface area contributed by atoms with Crippen LogP contribution in [0.5, 0.6) is 0 Å². The van der Waals surface area contributed by atoms with Crippen LogP contribution in [0, 0.1) is 0 Å². The Morgan fingerprint density at radius 2 is 1.76 bits per heavy atom. The van der Waals surface area contributed by atoms with Gasteiger partial charge < -0.3 is 4.90 Å². The second-order valence-corrected chi connectivity index (χ2v) is 6.34. The number of hydrogen-bond acceptors (Lipinski definition) is 3. The van der Waals surface area contributed by atoms with Crippen LogP contribution in [-0.4, -0.2) is 38.4 Å². The third kappa shape index (κ3) is 3.31. The Morgan fingerprint density at radius 1 is 1.04 bits per heavy atom. The Hall–Kier alpha value is -2.95. The fourth-order valence-electron chi connectivity index (χ4n) is 3.40. The zero-order valence-corrected chi connectivity index (χ0v) is 14.0. The minimum Gasteiger partial charge on any atom is -0.334 e. The van der Waals surface area contributed by atoms with Gasteiger partial charge in [0, 0.05) is 12.6 Å². The molecule has 3 aromatic rings. The summed E-state index contributed by atoms with van der Waals surface area (Å²) in [7, 11) is 0. The zero-order chi connectivity index (χ0) is 17.1. The Balaban J connectivity index is 1.51. The van der Waals surface area contributed by atoms with Crippen molar-refractivity contribution >= 4 is 5.91 Å². The number of amides is 1. The summed E-state index contributed by atoms with van der Waals surface area (Å²) in [4.78, 5) is 16.4. The van der Waals surface area contributed by atoms with Crippen LogP contribution in [0.1, 0.15) is 28.9 Å². The number of carbonyl (C=O) groups is 1. The van der Waals surface area contributed by atoms with Gasteiger partial charge in [0.15, 0.2) is 5.69 Å². The molecule has 1 aromatic heterocycles. The third-order valence-electron chi connectivity index (χ3n) is 4.65. The fourth-order valence-corrected chi connectivity index (χ4v) is 3.40. The molecule has 0 spiro atoms. The van der Waals surface area contributed by atoms with Crippen molar-refractivity contribution < 1.29 is 4.79 Å². The maximum Gasteiger partial charge on any atom is 0.276 e. The molecule has 1 atom stereocenters. The zero-order valence-electron chi connectivity index (χ0n) is 14.0. The number of nitrogens with zero attached hydrogens (tertiary/aromatic N) is 4. The van der Waals surface area contributed by atoms with Gasteiger partial charge in [-0.05, 0) is 37.0 Å². The van der Waals surface area contributed by atoms with E-state index in [-0.39, 0.29) is 11.9 Å². The molecule has 0 N–H and O–H groups in total. The van der Waals surface area contributed by atoms with E-state index >= 15 is 0 Å². The molecule has 5 nitrogen and oxygen atoms in total. The first-order valence-corrected chi connectivity index (χ1v) is 8.64. The van der Waals surface area contributed by atoms with Gasteiger partial charge in [-0.3, -0.25) is 4.79 Å². The van der Waals surface area contributed by atoms with Crippen molar-refractivity contribution in [3.05, 3.63) is 78.1 Å². The van der Waals surface area contributed by atoms with E-state index in [2.05, 4.69) is 22.3 Å². The molecular weight excluding hydrogens is 312 g/mol. The lowest BCUT2D eigenvalue weighted by molar-refractivity contribution is 0.0730. The van der Waals surface area contributed by atoms with E-state index in [9.17, 15) is 4.79 Å². The number of aromatic nitrogens is 3. The quantitative estimate of drug-likeness (QED) is 0.737. The molecule has 0 bridgehead atoms. The van der Waals surface area contributed by atoms with Crippen molar-refractivity contribution in [1.29, 1.82) is 0 Å². The lowest BCUT2D eigenvalue weighted by atomic mass is 10.0. The van der Waals surface area contributed by atoms with Gasteiger partial charge in [0.05, 0.1) is 11.9 Å². The van der Waals surface area contributed by atoms with Crippen LogP contribution >= 0.6 is 0 Å². The van der Waals surface area contributed by atoms with E-state index in [4.69, 9.17) is 0 Å². The molecule has 1 saturated heterocycles. The number of rotatable bonds is 4. The van der Waals surface area contributed by atoms with Crippen LogP contribution in [0.3, 0.4) is 0 Å². The molecule has 126 valence electrons. The van der Waals surface area contributed by atoms with Gasteiger partial charge in [-0.2, -0.15) is 9.90 Å². The predicted octanol–water partition coefficient (Wildman–Crippen LogP) is 3.11. The monoisotopic (exact) mass is 332 g/mol. The molecule has 0 radical (unpaired) electrons. The molecule has 0 unspecified atom stereocenters. The Kier molecular flexibility index (Phi) is 4.29. The van der Waals surface area contributed by atoms with Gasteiger partial charge in [0.2, 0.25) is 0 Å². The molecule has 1 aliphatic rings. The third-order valence-corrected chi connectivity index (χ3v) is 4.65. The number of para-hydroxylation sites is 1. The van der Waals surface area contributed by atoms with Gasteiger partial charge >= 0.3 is 0 Å². The maximum atomic E-state index is 12.9. The van der Waals surface area contributed by atoms with E-state index in [1.165, 1.54) is 10.4 Å². The van der Waals surface area contributed by atoms with Crippen LogP contribution in [0.2, 0.25) is 0 Å². The first-order chi connectivity index (χ1) is 12.3. The van der Waals surface area contributed by atoms with Gasteiger partial charge in [-0.15, -0.1) is 5.10 Å². The van der Waals surface area contributed by atoms with Crippen molar-refractivity contribution in [3.63, 3.8) is 0 Å². The number of hydrogen-bond donors (Lipinski definition) is 0. The van der Waals surface area contributed by atoms with Crippen LogP contribution < -0.4 is 0 Å². The molecule has 1 aliphatic heterocycles. The Morgan fingerprint density at radius 3 is 2.52 bits per heavy atom. The highest BCUT2D eigenvalue weighted by molar-refractivity contribution is 5.92. The van der Waals surface area contributed by atoms with Gasteiger partial charge in [0.25, 0.3) is 5.91 Å². The van der Waals surface area contributed by atoms with Gasteiger partial charge in [0.1, 0.15) is 0 Å². The van der Waals surface area contributed by atoms with Crippen LogP contribution in [0.25, 0.3) is 5.69 Å². The lowest BCUT2D eigenvalue weighted by Crippen LogP contribution is -2.37. The molecule has 0 saturated carbocycles. The highest BCUT2D eigenvalue weighted by atomic mass is 16.2. The minimum atomic E-state index is -0.0272. The second-order valence-electron chi connectivity index (χ2n) is 6.34. The normalized spacial score (nSPS) is 17.0. The van der Waals surface area contributed by atoms with E-state index in [1.807, 2.05) is 53.4 Å². The predicted molar refractivity (Wildman–Crippen MR) is 95.6 cm³/mol. The van der Waals surface area contributed by atoms with E-state index < -0.39 is 0 Å². The largest absolute Gasteiger partial charge is 0.334 e. The Labute approximate surface area is 146 Å². The SMILES string of the molecule is O=C(c1cnn(-c2ccccc2)n1)N1CCC[C@H]1Cc1ccccc1. The van der Waals surface area contributed by atoms with Gasteiger partial charge in [-0.1, -0.05) is 48.5 Å². The van der Waals surface area contributed by atoms with E-state index in [0.717, 1.165) is 31.5 Å². The molecule has 1 fully saturated rings. The van der Waals surface area contributed by atoms with Crippen LogP contribution in [-0.2, 0) is 6.42 Å². The van der Waals surface area contributed by atoms with Crippen molar-refractivity contribution in [3.8, 4) is 5.69 Å². The average molecular weight is 332 g/mol. The number of carbonyl (C=O) groups excluding carboxylic acids is 1. The minimum absolute atomic E-state index is 0.0272. The summed E-state index contributed by atoms with van der Waals surface area (Å²) in [6.45, 7) is 0.786. The smallest absolute Gasteiger partial charge is 0.276 e. The first kappa shape index (κ1) is 15.6. The molecule has 4 rings (SSSR count). The maximum absolute atomic E-state index is 12.9. The van der Waals surface area contributed by atoms with Crippen LogP contribution in [0.15, 0.2) is 66.9 Å². The fraction of sp³-hybridized carbons (Fsp3) is 0.250. The van der Waals surface area contributed by atoms with Crippen molar-refractivity contribution in [2.75, 3.05) is 6.54 Å². The van der Waals surface area contributed by atoms with Crippen LogP contribution in [0.4, 0.5) is 0 Å². The van der Waals surface area contributed by atoms with E-state index in [0.29, 0.717) is 5.69 Å². The Bertz CT molecular complexity index is 844. The molecule has 0 aliphatic carbocycles.